The summed E-state index contributed by atoms with van der Waals surface area (Å²) in [5, 5.41) is 9.20. The van der Waals surface area contributed by atoms with Gasteiger partial charge in [-0.1, -0.05) is 12.5 Å². The van der Waals surface area contributed by atoms with E-state index >= 15 is 0 Å². The molecular weight excluding hydrogens is 380 g/mol. The van der Waals surface area contributed by atoms with Gasteiger partial charge in [0, 0.05) is 33.9 Å². The van der Waals surface area contributed by atoms with Gasteiger partial charge in [0.2, 0.25) is 0 Å². The molecular formula is C23H26N4OS. The molecule has 0 atom stereocenters. The number of nitrogens with one attached hydrogen (secondary N) is 1. The maximum atomic E-state index is 12.9. The van der Waals surface area contributed by atoms with Crippen LogP contribution in [0, 0.1) is 6.92 Å². The molecule has 0 aliphatic carbocycles. The molecule has 1 aliphatic rings. The molecule has 5 rings (SSSR count). The average molecular weight is 407 g/mol. The number of aromatic amines is 1. The van der Waals surface area contributed by atoms with Crippen molar-refractivity contribution in [1.29, 1.82) is 0 Å². The topological polar surface area (TPSA) is 53.9 Å². The van der Waals surface area contributed by atoms with Crippen molar-refractivity contribution in [2.75, 3.05) is 13.1 Å². The number of piperidine rings is 1. The number of fused-ring (bicyclic) bond motifs is 3. The van der Waals surface area contributed by atoms with Crippen LogP contribution in [0.1, 0.15) is 36.8 Å². The van der Waals surface area contributed by atoms with Gasteiger partial charge in [0.05, 0.1) is 10.9 Å². The van der Waals surface area contributed by atoms with Crippen molar-refractivity contribution in [1.82, 2.24) is 19.7 Å². The third-order valence-corrected chi connectivity index (χ3v) is 7.16. The molecule has 0 spiro atoms. The lowest BCUT2D eigenvalue weighted by molar-refractivity contribution is 0.222. The summed E-state index contributed by atoms with van der Waals surface area (Å²) in [7, 11) is 0. The zero-order valence-electron chi connectivity index (χ0n) is 17.0. The molecule has 3 aromatic heterocycles. The lowest BCUT2D eigenvalue weighted by Crippen LogP contribution is -2.28. The van der Waals surface area contributed by atoms with Gasteiger partial charge in [0.15, 0.2) is 0 Å². The maximum Gasteiger partial charge on any atom is 0.262 e. The van der Waals surface area contributed by atoms with E-state index in [1.165, 1.54) is 47.7 Å². The highest BCUT2D eigenvalue weighted by molar-refractivity contribution is 7.15. The van der Waals surface area contributed by atoms with Crippen LogP contribution in [-0.4, -0.2) is 32.8 Å². The molecule has 150 valence electrons. The number of pyridine rings is 1. The molecule has 1 N–H and O–H groups in total. The summed E-state index contributed by atoms with van der Waals surface area (Å²) in [6.07, 6.45) is 4.01. The number of hydrogen-bond donors (Lipinski definition) is 1. The van der Waals surface area contributed by atoms with Gasteiger partial charge in [-0.25, -0.2) is 0 Å². The minimum atomic E-state index is 0.0361. The number of hydrogen-bond acceptors (Lipinski definition) is 4. The van der Waals surface area contributed by atoms with Gasteiger partial charge in [-0.05, 0) is 69.6 Å². The predicted octanol–water partition coefficient (Wildman–Crippen LogP) is 4.92. The van der Waals surface area contributed by atoms with E-state index in [9.17, 15) is 4.79 Å². The summed E-state index contributed by atoms with van der Waals surface area (Å²) < 4.78 is 1.85. The fourth-order valence-electron chi connectivity index (χ4n) is 4.51. The molecule has 29 heavy (non-hydrogen) atoms. The molecule has 0 amide bonds. The number of thiophene rings is 1. The molecule has 0 saturated carbocycles. The normalized spacial score (nSPS) is 15.5. The van der Waals surface area contributed by atoms with E-state index in [1.54, 1.807) is 0 Å². The third kappa shape index (κ3) is 3.20. The number of H-pyrrole nitrogens is 1. The summed E-state index contributed by atoms with van der Waals surface area (Å²) in [5.74, 6) is 0. The average Bonchev–Trinajstić information content (AvgIpc) is 3.36. The third-order valence-electron chi connectivity index (χ3n) is 6.04. The minimum absolute atomic E-state index is 0.0361. The highest BCUT2D eigenvalue weighted by Crippen LogP contribution is 2.33. The van der Waals surface area contributed by atoms with Crippen molar-refractivity contribution < 1.29 is 0 Å². The van der Waals surface area contributed by atoms with Crippen LogP contribution in [0.25, 0.3) is 32.2 Å². The fraction of sp³-hybridized carbons (Fsp3) is 0.391. The molecule has 1 aliphatic heterocycles. The van der Waals surface area contributed by atoms with Gasteiger partial charge in [0.1, 0.15) is 5.52 Å². The largest absolute Gasteiger partial charge is 0.308 e. The molecule has 1 fully saturated rings. The maximum absolute atomic E-state index is 12.9. The van der Waals surface area contributed by atoms with Crippen LogP contribution >= 0.6 is 11.3 Å². The molecule has 6 heteroatoms. The van der Waals surface area contributed by atoms with Crippen molar-refractivity contribution in [3.8, 4) is 10.4 Å². The second-order valence-corrected chi connectivity index (χ2v) is 9.12. The Bertz CT molecular complexity index is 1240. The van der Waals surface area contributed by atoms with Crippen LogP contribution in [0.15, 0.2) is 35.1 Å². The Morgan fingerprint density at radius 3 is 2.76 bits per heavy atom. The Labute approximate surface area is 174 Å². The highest BCUT2D eigenvalue weighted by Gasteiger charge is 2.16. The van der Waals surface area contributed by atoms with Gasteiger partial charge >= 0.3 is 0 Å². The zero-order chi connectivity index (χ0) is 20.0. The number of likely N-dealkylation sites (tertiary alicyclic amines) is 1. The highest BCUT2D eigenvalue weighted by atomic mass is 32.1. The summed E-state index contributed by atoms with van der Waals surface area (Å²) in [6.45, 7) is 8.06. The Morgan fingerprint density at radius 1 is 1.14 bits per heavy atom. The van der Waals surface area contributed by atoms with Gasteiger partial charge < -0.3 is 4.57 Å². The first kappa shape index (κ1) is 18.6. The summed E-state index contributed by atoms with van der Waals surface area (Å²) in [6, 6.07) is 10.9. The van der Waals surface area contributed by atoms with Crippen LogP contribution in [-0.2, 0) is 13.1 Å². The molecule has 4 heterocycles. The van der Waals surface area contributed by atoms with Crippen LogP contribution in [0.3, 0.4) is 0 Å². The van der Waals surface area contributed by atoms with Crippen molar-refractivity contribution in [3.05, 3.63) is 51.3 Å². The fourth-order valence-corrected chi connectivity index (χ4v) is 5.56. The SMILES string of the molecule is CCn1c(=O)c2c(C)[nH]nc2c2cc(-c3ccc(CN4CCCCC4)s3)ccc21. The Morgan fingerprint density at radius 2 is 1.97 bits per heavy atom. The minimum Gasteiger partial charge on any atom is -0.308 e. The van der Waals surface area contributed by atoms with Crippen LogP contribution in [0.2, 0.25) is 0 Å². The first-order valence-corrected chi connectivity index (χ1v) is 11.3. The van der Waals surface area contributed by atoms with Crippen molar-refractivity contribution in [2.45, 2.75) is 46.2 Å². The van der Waals surface area contributed by atoms with Crippen molar-refractivity contribution in [3.63, 3.8) is 0 Å². The summed E-state index contributed by atoms with van der Waals surface area (Å²) in [4.78, 5) is 18.2. The first-order chi connectivity index (χ1) is 14.2. The van der Waals surface area contributed by atoms with Gasteiger partial charge in [-0.3, -0.25) is 14.8 Å². The molecule has 0 unspecified atom stereocenters. The Kier molecular flexibility index (Phi) is 4.76. The zero-order valence-corrected chi connectivity index (χ0v) is 17.8. The van der Waals surface area contributed by atoms with E-state index < -0.39 is 0 Å². The molecule has 1 saturated heterocycles. The number of rotatable bonds is 4. The Hall–Kier alpha value is -2.44. The first-order valence-electron chi connectivity index (χ1n) is 10.5. The van der Waals surface area contributed by atoms with Crippen molar-refractivity contribution in [2.24, 2.45) is 0 Å². The quantitative estimate of drug-likeness (QED) is 0.523. The molecule has 0 bridgehead atoms. The van der Waals surface area contributed by atoms with Crippen molar-refractivity contribution >= 4 is 33.1 Å². The van der Waals surface area contributed by atoms with Gasteiger partial charge in [-0.15, -0.1) is 11.3 Å². The second-order valence-electron chi connectivity index (χ2n) is 7.96. The van der Waals surface area contributed by atoms with E-state index in [0.717, 1.165) is 28.7 Å². The summed E-state index contributed by atoms with van der Waals surface area (Å²) in [5.41, 5.74) is 3.79. The van der Waals surface area contributed by atoms with E-state index in [0.29, 0.717) is 11.9 Å². The lowest BCUT2D eigenvalue weighted by atomic mass is 10.1. The van der Waals surface area contributed by atoms with Crippen LogP contribution in [0.5, 0.6) is 0 Å². The molecule has 5 nitrogen and oxygen atoms in total. The van der Waals surface area contributed by atoms with Crippen LogP contribution in [0.4, 0.5) is 0 Å². The monoisotopic (exact) mass is 406 g/mol. The molecule has 0 radical (unpaired) electrons. The summed E-state index contributed by atoms with van der Waals surface area (Å²) >= 11 is 1.87. The number of aryl methyl sites for hydroxylation is 2. The molecule has 1 aromatic carbocycles. The van der Waals surface area contributed by atoms with Gasteiger partial charge in [-0.2, -0.15) is 5.10 Å². The van der Waals surface area contributed by atoms with E-state index in [1.807, 2.05) is 29.8 Å². The number of nitrogens with zero attached hydrogens (tertiary/aromatic N) is 3. The lowest BCUT2D eigenvalue weighted by Gasteiger charge is -2.25. The second kappa shape index (κ2) is 7.43. The van der Waals surface area contributed by atoms with E-state index in [2.05, 4.69) is 45.4 Å². The van der Waals surface area contributed by atoms with Gasteiger partial charge in [0.25, 0.3) is 5.56 Å². The smallest absolute Gasteiger partial charge is 0.262 e. The van der Waals surface area contributed by atoms with E-state index in [4.69, 9.17) is 0 Å². The predicted molar refractivity (Wildman–Crippen MR) is 121 cm³/mol. The molecule has 4 aromatic rings. The Balaban J connectivity index is 1.57. The van der Waals surface area contributed by atoms with Crippen LogP contribution < -0.4 is 5.56 Å². The van der Waals surface area contributed by atoms with E-state index in [-0.39, 0.29) is 5.56 Å². The number of benzene rings is 1. The standard InChI is InChI=1S/C23H26N4OS/c1-3-27-19-9-7-16(13-18(19)22-21(23(27)28)15(2)24-25-22)20-10-8-17(29-20)14-26-11-5-4-6-12-26/h7-10,13H,3-6,11-12,14H2,1-2H3,(H,24,25). The number of aromatic nitrogens is 3.